The summed E-state index contributed by atoms with van der Waals surface area (Å²) < 4.78 is 43.8. The molecule has 0 aromatic heterocycles. The van der Waals surface area contributed by atoms with E-state index in [4.69, 9.17) is 0 Å². The van der Waals surface area contributed by atoms with Gasteiger partial charge < -0.3 is 4.74 Å². The van der Waals surface area contributed by atoms with E-state index in [0.29, 0.717) is 6.07 Å². The maximum absolute atomic E-state index is 13.5. The molecule has 0 bridgehead atoms. The molecule has 0 fully saturated rings. The standard InChI is InChI=1S/C11H13FN2O6S/c1-7-5-8(6-9(11(7)12)14(16)17)21(18,19)13-4-3-10(15)20-2/h5-6,13H,3-4H2,1-2H3. The Labute approximate surface area is 120 Å². The van der Waals surface area contributed by atoms with Gasteiger partial charge in [-0.1, -0.05) is 0 Å². The lowest BCUT2D eigenvalue weighted by Gasteiger charge is -2.07. The number of carbonyl (C=O) groups is 1. The fourth-order valence-electron chi connectivity index (χ4n) is 1.48. The van der Waals surface area contributed by atoms with Crippen molar-refractivity contribution in [1.82, 2.24) is 4.72 Å². The van der Waals surface area contributed by atoms with Gasteiger partial charge in [0.2, 0.25) is 15.8 Å². The molecule has 0 amide bonds. The van der Waals surface area contributed by atoms with Crippen molar-refractivity contribution in [3.8, 4) is 0 Å². The summed E-state index contributed by atoms with van der Waals surface area (Å²) in [5.41, 5.74) is -1.10. The number of nitro groups is 1. The molecule has 0 unspecified atom stereocenters. The summed E-state index contributed by atoms with van der Waals surface area (Å²) in [6.07, 6.45) is -0.196. The number of ether oxygens (including phenoxy) is 1. The second-order valence-corrected chi connectivity index (χ2v) is 5.82. The molecule has 0 spiro atoms. The van der Waals surface area contributed by atoms with Crippen LogP contribution in [0.2, 0.25) is 0 Å². The van der Waals surface area contributed by atoms with E-state index >= 15 is 0 Å². The van der Waals surface area contributed by atoms with Crippen LogP contribution in [0.15, 0.2) is 17.0 Å². The van der Waals surface area contributed by atoms with Crippen LogP contribution in [0.4, 0.5) is 10.1 Å². The Hall–Kier alpha value is -2.07. The number of sulfonamides is 1. The number of nitrogens with one attached hydrogen (secondary N) is 1. The first-order chi connectivity index (χ1) is 9.69. The number of nitrogens with zero attached hydrogens (tertiary/aromatic N) is 1. The summed E-state index contributed by atoms with van der Waals surface area (Å²) in [6.45, 7) is 0.981. The van der Waals surface area contributed by atoms with Crippen molar-refractivity contribution in [2.24, 2.45) is 0 Å². The molecule has 0 saturated carbocycles. The Morgan fingerprint density at radius 3 is 2.62 bits per heavy atom. The molecule has 0 aliphatic carbocycles. The van der Waals surface area contributed by atoms with Crippen LogP contribution in [0.5, 0.6) is 0 Å². The van der Waals surface area contributed by atoms with Gasteiger partial charge >= 0.3 is 11.7 Å². The van der Waals surface area contributed by atoms with Crippen LogP contribution >= 0.6 is 0 Å². The number of nitro benzene ring substituents is 1. The second-order valence-electron chi connectivity index (χ2n) is 4.05. The van der Waals surface area contributed by atoms with Crippen molar-refractivity contribution in [2.75, 3.05) is 13.7 Å². The minimum atomic E-state index is -4.09. The van der Waals surface area contributed by atoms with E-state index in [1.165, 1.54) is 6.92 Å². The third kappa shape index (κ3) is 4.20. The van der Waals surface area contributed by atoms with Crippen molar-refractivity contribution in [2.45, 2.75) is 18.2 Å². The van der Waals surface area contributed by atoms with Gasteiger partial charge in [0, 0.05) is 12.6 Å². The smallest absolute Gasteiger partial charge is 0.306 e. The normalized spacial score (nSPS) is 11.2. The molecule has 0 aliphatic rings. The fourth-order valence-corrected chi connectivity index (χ4v) is 2.62. The highest BCUT2D eigenvalue weighted by molar-refractivity contribution is 7.89. The maximum atomic E-state index is 13.5. The fraction of sp³-hybridized carbons (Fsp3) is 0.364. The highest BCUT2D eigenvalue weighted by atomic mass is 32.2. The Bertz CT molecular complexity index is 674. The first-order valence-corrected chi connectivity index (χ1v) is 7.18. The summed E-state index contributed by atoms with van der Waals surface area (Å²) in [7, 11) is -2.93. The van der Waals surface area contributed by atoms with Crippen molar-refractivity contribution in [1.29, 1.82) is 0 Å². The van der Waals surface area contributed by atoms with E-state index in [1.54, 1.807) is 0 Å². The number of benzene rings is 1. The van der Waals surface area contributed by atoms with Crippen molar-refractivity contribution >= 4 is 21.7 Å². The molecule has 1 rings (SSSR count). The second kappa shape index (κ2) is 6.59. The van der Waals surface area contributed by atoms with Gasteiger partial charge in [-0.15, -0.1) is 0 Å². The van der Waals surface area contributed by atoms with Crippen LogP contribution in [0, 0.1) is 22.9 Å². The Balaban J connectivity index is 3.04. The predicted molar refractivity (Wildman–Crippen MR) is 69.6 cm³/mol. The quantitative estimate of drug-likeness (QED) is 0.472. The van der Waals surface area contributed by atoms with Gasteiger partial charge in [0.1, 0.15) is 0 Å². The van der Waals surface area contributed by atoms with Crippen LogP contribution in [-0.2, 0) is 19.6 Å². The molecule has 1 aromatic carbocycles. The average molecular weight is 320 g/mol. The first kappa shape index (κ1) is 17.0. The molecule has 116 valence electrons. The van der Waals surface area contributed by atoms with Crippen LogP contribution in [-0.4, -0.2) is 33.0 Å². The number of aryl methyl sites for hydroxylation is 1. The van der Waals surface area contributed by atoms with Gasteiger partial charge in [-0.2, -0.15) is 4.39 Å². The van der Waals surface area contributed by atoms with Crippen LogP contribution in [0.3, 0.4) is 0 Å². The maximum Gasteiger partial charge on any atom is 0.306 e. The molecule has 0 atom stereocenters. The molecule has 0 heterocycles. The van der Waals surface area contributed by atoms with E-state index in [2.05, 4.69) is 9.46 Å². The van der Waals surface area contributed by atoms with Crippen molar-refractivity contribution in [3.63, 3.8) is 0 Å². The largest absolute Gasteiger partial charge is 0.469 e. The molecule has 10 heteroatoms. The molecule has 1 aromatic rings. The van der Waals surface area contributed by atoms with Gasteiger partial charge in [-0.05, 0) is 18.6 Å². The monoisotopic (exact) mass is 320 g/mol. The molecule has 0 saturated heterocycles. The summed E-state index contributed by atoms with van der Waals surface area (Å²) in [5, 5.41) is 10.7. The minimum absolute atomic E-state index is 0.169. The van der Waals surface area contributed by atoms with E-state index in [9.17, 15) is 27.7 Å². The summed E-state index contributed by atoms with van der Waals surface area (Å²) >= 11 is 0. The number of methoxy groups -OCH3 is 1. The SMILES string of the molecule is COC(=O)CCNS(=O)(=O)c1cc(C)c(F)c([N+](=O)[O-])c1. The Kier molecular flexibility index (Phi) is 5.33. The average Bonchev–Trinajstić information content (AvgIpc) is 2.40. The third-order valence-corrected chi connectivity index (χ3v) is 4.01. The first-order valence-electron chi connectivity index (χ1n) is 5.70. The topological polar surface area (TPSA) is 116 Å². The zero-order chi connectivity index (χ0) is 16.2. The molecule has 0 aliphatic heterocycles. The molecular formula is C11H13FN2O6S. The van der Waals surface area contributed by atoms with Gasteiger partial charge in [-0.25, -0.2) is 13.1 Å². The molecule has 21 heavy (non-hydrogen) atoms. The lowest BCUT2D eigenvalue weighted by Crippen LogP contribution is -2.26. The van der Waals surface area contributed by atoms with Crippen LogP contribution in [0.1, 0.15) is 12.0 Å². The zero-order valence-electron chi connectivity index (χ0n) is 11.3. The molecule has 0 radical (unpaired) electrons. The van der Waals surface area contributed by atoms with Crippen molar-refractivity contribution < 1.29 is 27.3 Å². The predicted octanol–water partition coefficient (Wildman–Crippen LogP) is 0.884. The van der Waals surface area contributed by atoms with E-state index in [-0.39, 0.29) is 18.5 Å². The molecule has 8 nitrogen and oxygen atoms in total. The summed E-state index contributed by atoms with van der Waals surface area (Å²) in [4.78, 5) is 20.1. The van der Waals surface area contributed by atoms with Gasteiger partial charge in [0.15, 0.2) is 0 Å². The highest BCUT2D eigenvalue weighted by Crippen LogP contribution is 2.24. The van der Waals surface area contributed by atoms with E-state index in [0.717, 1.165) is 13.2 Å². The Morgan fingerprint density at radius 1 is 1.48 bits per heavy atom. The Morgan fingerprint density at radius 2 is 2.10 bits per heavy atom. The number of esters is 1. The van der Waals surface area contributed by atoms with E-state index in [1.807, 2.05) is 0 Å². The van der Waals surface area contributed by atoms with E-state index < -0.39 is 37.3 Å². The lowest BCUT2D eigenvalue weighted by molar-refractivity contribution is -0.387. The van der Waals surface area contributed by atoms with Gasteiger partial charge in [0.05, 0.1) is 23.3 Å². The molecule has 1 N–H and O–H groups in total. The summed E-state index contributed by atoms with van der Waals surface area (Å²) in [5.74, 6) is -1.70. The highest BCUT2D eigenvalue weighted by Gasteiger charge is 2.23. The van der Waals surface area contributed by atoms with Gasteiger partial charge in [0.25, 0.3) is 0 Å². The number of carbonyl (C=O) groups excluding carboxylic acids is 1. The minimum Gasteiger partial charge on any atom is -0.469 e. The van der Waals surface area contributed by atoms with Crippen molar-refractivity contribution in [3.05, 3.63) is 33.6 Å². The number of rotatable bonds is 6. The van der Waals surface area contributed by atoms with Gasteiger partial charge in [-0.3, -0.25) is 14.9 Å². The lowest BCUT2D eigenvalue weighted by atomic mass is 10.2. The van der Waals surface area contributed by atoms with Crippen LogP contribution < -0.4 is 4.72 Å². The number of hydrogen-bond acceptors (Lipinski definition) is 6. The molecular weight excluding hydrogens is 307 g/mol. The van der Waals surface area contributed by atoms with Crippen LogP contribution in [0.25, 0.3) is 0 Å². The number of hydrogen-bond donors (Lipinski definition) is 1. The zero-order valence-corrected chi connectivity index (χ0v) is 12.1. The number of halogens is 1. The third-order valence-electron chi connectivity index (χ3n) is 2.56. The summed E-state index contributed by atoms with van der Waals surface area (Å²) in [6, 6.07) is 1.60.